The van der Waals surface area contributed by atoms with E-state index >= 15 is 0 Å². The van der Waals surface area contributed by atoms with E-state index in [9.17, 15) is 0 Å². The zero-order valence-corrected chi connectivity index (χ0v) is 11.5. The third-order valence-electron chi connectivity index (χ3n) is 2.98. The van der Waals surface area contributed by atoms with Crippen LogP contribution in [-0.2, 0) is 0 Å². The first-order valence-electron chi connectivity index (χ1n) is 6.32. The van der Waals surface area contributed by atoms with Crippen LogP contribution in [0, 0.1) is 0 Å². The van der Waals surface area contributed by atoms with Crippen LogP contribution in [0.3, 0.4) is 0 Å². The Bertz CT molecular complexity index is 692. The van der Waals surface area contributed by atoms with Gasteiger partial charge in [-0.3, -0.25) is 0 Å². The summed E-state index contributed by atoms with van der Waals surface area (Å²) in [5.74, 6) is 1.02. The molecule has 0 unspecified atom stereocenters. The molecule has 0 fully saturated rings. The fourth-order valence-corrected chi connectivity index (χ4v) is 2.61. The zero-order chi connectivity index (χ0) is 13.1. The van der Waals surface area contributed by atoms with Crippen LogP contribution < -0.4 is 0 Å². The van der Waals surface area contributed by atoms with E-state index in [4.69, 9.17) is 0 Å². The summed E-state index contributed by atoms with van der Waals surface area (Å²) in [6.07, 6.45) is 0. The molecule has 0 aliphatic heterocycles. The van der Waals surface area contributed by atoms with Gasteiger partial charge in [0.2, 0.25) is 0 Å². The van der Waals surface area contributed by atoms with E-state index in [2.05, 4.69) is 59.6 Å². The van der Waals surface area contributed by atoms with E-state index in [0.29, 0.717) is 0 Å². The highest BCUT2D eigenvalue weighted by atomic mass is 32.2. The minimum atomic E-state index is 0.922. The number of aromatic nitrogens is 2. The van der Waals surface area contributed by atoms with Crippen LogP contribution in [0.4, 0.5) is 0 Å². The molecule has 3 rings (SSSR count). The van der Waals surface area contributed by atoms with Gasteiger partial charge >= 0.3 is 0 Å². The summed E-state index contributed by atoms with van der Waals surface area (Å²) in [5, 5.41) is 12.0. The lowest BCUT2D eigenvalue weighted by molar-refractivity contribution is 0.936. The summed E-state index contributed by atoms with van der Waals surface area (Å²) in [4.78, 5) is 0. The second kappa shape index (κ2) is 5.41. The predicted molar refractivity (Wildman–Crippen MR) is 81.4 cm³/mol. The minimum absolute atomic E-state index is 0.922. The third kappa shape index (κ3) is 2.61. The summed E-state index contributed by atoms with van der Waals surface area (Å²) in [5.41, 5.74) is 2.03. The van der Waals surface area contributed by atoms with Crippen molar-refractivity contribution in [1.82, 2.24) is 10.2 Å². The Balaban J connectivity index is 1.99. The maximum atomic E-state index is 4.30. The van der Waals surface area contributed by atoms with Gasteiger partial charge in [-0.2, -0.15) is 0 Å². The van der Waals surface area contributed by atoms with Crippen LogP contribution >= 0.6 is 11.8 Å². The van der Waals surface area contributed by atoms with E-state index in [0.717, 1.165) is 22.0 Å². The number of benzene rings is 2. The van der Waals surface area contributed by atoms with E-state index in [-0.39, 0.29) is 0 Å². The fraction of sp³-hybridized carbons (Fsp3) is 0.125. The van der Waals surface area contributed by atoms with Crippen molar-refractivity contribution in [3.8, 4) is 11.3 Å². The van der Waals surface area contributed by atoms with Crippen LogP contribution in [0.2, 0.25) is 0 Å². The number of rotatable bonds is 3. The van der Waals surface area contributed by atoms with Crippen LogP contribution in [0.5, 0.6) is 0 Å². The van der Waals surface area contributed by atoms with Gasteiger partial charge in [0, 0.05) is 5.56 Å². The molecule has 0 radical (unpaired) electrons. The van der Waals surface area contributed by atoms with Crippen LogP contribution in [0.1, 0.15) is 6.92 Å². The van der Waals surface area contributed by atoms with Gasteiger partial charge in [-0.1, -0.05) is 43.3 Å². The average Bonchev–Trinajstić information content (AvgIpc) is 2.48. The molecule has 0 saturated carbocycles. The number of hydrogen-bond donors (Lipinski definition) is 0. The van der Waals surface area contributed by atoms with Crippen molar-refractivity contribution in [2.45, 2.75) is 11.9 Å². The molecule has 94 valence electrons. The average molecular weight is 266 g/mol. The molecule has 2 aromatic carbocycles. The largest absolute Gasteiger partial charge is 0.149 e. The van der Waals surface area contributed by atoms with Crippen molar-refractivity contribution < 1.29 is 0 Å². The van der Waals surface area contributed by atoms with Gasteiger partial charge in [0.05, 0.1) is 5.69 Å². The first kappa shape index (κ1) is 12.2. The van der Waals surface area contributed by atoms with Gasteiger partial charge in [0.15, 0.2) is 0 Å². The first-order valence-corrected chi connectivity index (χ1v) is 7.31. The number of hydrogen-bond acceptors (Lipinski definition) is 3. The molecular weight excluding hydrogens is 252 g/mol. The maximum Gasteiger partial charge on any atom is 0.119 e. The monoisotopic (exact) mass is 266 g/mol. The smallest absolute Gasteiger partial charge is 0.119 e. The van der Waals surface area contributed by atoms with Crippen LogP contribution in [0.15, 0.2) is 59.6 Å². The lowest BCUT2D eigenvalue weighted by atomic mass is 10.1. The Kier molecular flexibility index (Phi) is 3.47. The molecule has 0 aliphatic carbocycles. The second-order valence-electron chi connectivity index (χ2n) is 4.25. The Labute approximate surface area is 116 Å². The number of thioether (sulfide) groups is 1. The molecule has 0 amide bonds. The van der Waals surface area contributed by atoms with E-state index in [1.54, 1.807) is 11.8 Å². The van der Waals surface area contributed by atoms with E-state index < -0.39 is 0 Å². The number of nitrogens with zero attached hydrogens (tertiary/aromatic N) is 2. The fourth-order valence-electron chi connectivity index (χ4n) is 2.05. The Morgan fingerprint density at radius 2 is 1.74 bits per heavy atom. The van der Waals surface area contributed by atoms with E-state index in [1.165, 1.54) is 10.8 Å². The Hall–Kier alpha value is -1.87. The highest BCUT2D eigenvalue weighted by Crippen LogP contribution is 2.23. The molecule has 3 aromatic rings. The summed E-state index contributed by atoms with van der Waals surface area (Å²) in [6.45, 7) is 2.11. The molecule has 0 spiro atoms. The van der Waals surface area contributed by atoms with Crippen molar-refractivity contribution in [2.24, 2.45) is 0 Å². The molecule has 0 atom stereocenters. The lowest BCUT2D eigenvalue weighted by Crippen LogP contribution is -1.89. The van der Waals surface area contributed by atoms with E-state index in [1.807, 2.05) is 12.1 Å². The van der Waals surface area contributed by atoms with Crippen molar-refractivity contribution in [3.63, 3.8) is 0 Å². The van der Waals surface area contributed by atoms with Gasteiger partial charge < -0.3 is 0 Å². The van der Waals surface area contributed by atoms with Crippen LogP contribution in [-0.4, -0.2) is 16.0 Å². The van der Waals surface area contributed by atoms with Gasteiger partial charge in [0.1, 0.15) is 5.03 Å². The van der Waals surface area contributed by atoms with Crippen molar-refractivity contribution >= 4 is 22.5 Å². The second-order valence-corrected chi connectivity index (χ2v) is 5.54. The molecule has 0 N–H and O–H groups in total. The quantitative estimate of drug-likeness (QED) is 0.657. The van der Waals surface area contributed by atoms with Crippen molar-refractivity contribution in [2.75, 3.05) is 5.75 Å². The SMILES string of the molecule is CCSc1ccc(-c2ccc3ccccc3c2)nn1. The summed E-state index contributed by atoms with van der Waals surface area (Å²) in [7, 11) is 0. The molecule has 0 bridgehead atoms. The van der Waals surface area contributed by atoms with Crippen molar-refractivity contribution in [3.05, 3.63) is 54.6 Å². The Morgan fingerprint density at radius 1 is 0.895 bits per heavy atom. The highest BCUT2D eigenvalue weighted by molar-refractivity contribution is 7.99. The maximum absolute atomic E-state index is 4.30. The molecule has 1 heterocycles. The van der Waals surface area contributed by atoms with Gasteiger partial charge in [-0.05, 0) is 34.7 Å². The Morgan fingerprint density at radius 3 is 2.47 bits per heavy atom. The standard InChI is InChI=1S/C16H14N2S/c1-2-19-16-10-9-15(17-18-16)14-8-7-12-5-3-4-6-13(12)11-14/h3-11H,2H2,1H3. The zero-order valence-electron chi connectivity index (χ0n) is 10.7. The topological polar surface area (TPSA) is 25.8 Å². The molecule has 0 saturated heterocycles. The number of fused-ring (bicyclic) bond motifs is 1. The normalized spacial score (nSPS) is 10.8. The lowest BCUT2D eigenvalue weighted by Gasteiger charge is -2.03. The van der Waals surface area contributed by atoms with Crippen LogP contribution in [0.25, 0.3) is 22.0 Å². The van der Waals surface area contributed by atoms with Gasteiger partial charge in [-0.25, -0.2) is 0 Å². The van der Waals surface area contributed by atoms with Crippen molar-refractivity contribution in [1.29, 1.82) is 0 Å². The molecular formula is C16H14N2S. The third-order valence-corrected chi connectivity index (χ3v) is 3.78. The first-order chi connectivity index (χ1) is 9.36. The molecule has 0 aliphatic rings. The summed E-state index contributed by atoms with van der Waals surface area (Å²) < 4.78 is 0. The predicted octanol–water partition coefficient (Wildman–Crippen LogP) is 4.41. The molecule has 3 heteroatoms. The van der Waals surface area contributed by atoms with Gasteiger partial charge in [-0.15, -0.1) is 22.0 Å². The minimum Gasteiger partial charge on any atom is -0.149 e. The molecule has 19 heavy (non-hydrogen) atoms. The summed E-state index contributed by atoms with van der Waals surface area (Å²) >= 11 is 1.71. The molecule has 1 aromatic heterocycles. The molecule has 2 nitrogen and oxygen atoms in total. The highest BCUT2D eigenvalue weighted by Gasteiger charge is 2.02. The van der Waals surface area contributed by atoms with Gasteiger partial charge in [0.25, 0.3) is 0 Å². The summed E-state index contributed by atoms with van der Waals surface area (Å²) in [6, 6.07) is 18.8.